The van der Waals surface area contributed by atoms with Gasteiger partial charge in [0.1, 0.15) is 0 Å². The Morgan fingerprint density at radius 1 is 1.12 bits per heavy atom. The molecule has 0 unspecified atom stereocenters. The summed E-state index contributed by atoms with van der Waals surface area (Å²) in [4.78, 5) is 11.4. The van der Waals surface area contributed by atoms with Gasteiger partial charge in [0.25, 0.3) is 0 Å². The van der Waals surface area contributed by atoms with E-state index in [4.69, 9.17) is 28.9 Å². The van der Waals surface area contributed by atoms with Crippen LogP contribution in [-0.4, -0.2) is 25.2 Å². The zero-order valence-electron chi connectivity index (χ0n) is 12.9. The Bertz CT molecular complexity index is 852. The lowest BCUT2D eigenvalue weighted by molar-refractivity contribution is -0.118. The van der Waals surface area contributed by atoms with E-state index in [1.54, 1.807) is 24.3 Å². The van der Waals surface area contributed by atoms with Crippen LogP contribution < -0.4 is 5.73 Å². The molecule has 0 aliphatic carbocycles. The first-order chi connectivity index (χ1) is 11.2. The fourth-order valence-electron chi connectivity index (χ4n) is 2.10. The van der Waals surface area contributed by atoms with Crippen LogP contribution in [0.3, 0.4) is 0 Å². The van der Waals surface area contributed by atoms with Gasteiger partial charge >= 0.3 is 0 Å². The Morgan fingerprint density at radius 3 is 2.29 bits per heavy atom. The average Bonchev–Trinajstić information content (AvgIpc) is 2.49. The number of aryl methyl sites for hydroxylation is 1. The average molecular weight is 387 g/mol. The number of nitrogens with two attached hydrogens (primary N) is 1. The van der Waals surface area contributed by atoms with Crippen LogP contribution in [0.5, 0.6) is 0 Å². The van der Waals surface area contributed by atoms with Crippen LogP contribution in [0.25, 0.3) is 0 Å². The normalized spacial score (nSPS) is 11.7. The number of hydrogen-bond acceptors (Lipinski definition) is 3. The molecule has 2 N–H and O–H groups in total. The van der Waals surface area contributed by atoms with E-state index >= 15 is 0 Å². The maximum Gasteiger partial charge on any atom is 0.243 e. The zero-order chi connectivity index (χ0) is 17.9. The predicted molar refractivity (Wildman–Crippen MR) is 94.4 cm³/mol. The molecule has 0 fully saturated rings. The maximum atomic E-state index is 12.8. The summed E-state index contributed by atoms with van der Waals surface area (Å²) < 4.78 is 26.6. The molecule has 24 heavy (non-hydrogen) atoms. The summed E-state index contributed by atoms with van der Waals surface area (Å²) in [7, 11) is -3.90. The van der Waals surface area contributed by atoms with E-state index in [0.29, 0.717) is 15.6 Å². The first-order valence-corrected chi connectivity index (χ1v) is 9.19. The first kappa shape index (κ1) is 18.7. The monoisotopic (exact) mass is 386 g/mol. The Hall–Kier alpha value is -1.60. The number of benzene rings is 2. The van der Waals surface area contributed by atoms with Crippen LogP contribution >= 0.6 is 23.2 Å². The summed E-state index contributed by atoms with van der Waals surface area (Å²) in [6.07, 6.45) is 0. The molecule has 128 valence electrons. The molecule has 0 saturated carbocycles. The van der Waals surface area contributed by atoms with Gasteiger partial charge in [-0.2, -0.15) is 4.31 Å². The standard InChI is InChI=1S/C16H16Cl2N2O3S/c1-11-2-6-14(7-3-11)24(22,23)20(10-16(19)21)9-12-4-5-13(17)8-15(12)18/h2-8H,9-10H2,1H3,(H2,19,21). The number of amides is 1. The van der Waals surface area contributed by atoms with Gasteiger partial charge in [-0.05, 0) is 36.8 Å². The highest BCUT2D eigenvalue weighted by Crippen LogP contribution is 2.25. The van der Waals surface area contributed by atoms with Gasteiger partial charge in [0.15, 0.2) is 0 Å². The van der Waals surface area contributed by atoms with E-state index < -0.39 is 22.5 Å². The first-order valence-electron chi connectivity index (χ1n) is 6.99. The summed E-state index contributed by atoms with van der Waals surface area (Å²) in [5.74, 6) is -0.754. The van der Waals surface area contributed by atoms with Crippen molar-refractivity contribution in [1.82, 2.24) is 4.31 Å². The lowest BCUT2D eigenvalue weighted by atomic mass is 10.2. The van der Waals surface area contributed by atoms with Crippen LogP contribution in [0.4, 0.5) is 0 Å². The number of nitrogens with zero attached hydrogens (tertiary/aromatic N) is 1. The van der Waals surface area contributed by atoms with Crippen molar-refractivity contribution in [2.24, 2.45) is 5.73 Å². The molecule has 2 aromatic rings. The van der Waals surface area contributed by atoms with Crippen molar-refractivity contribution < 1.29 is 13.2 Å². The van der Waals surface area contributed by atoms with E-state index in [1.165, 1.54) is 18.2 Å². The molecule has 0 bridgehead atoms. The number of halogens is 2. The topological polar surface area (TPSA) is 80.5 Å². The van der Waals surface area contributed by atoms with Gasteiger partial charge in [0, 0.05) is 16.6 Å². The van der Waals surface area contributed by atoms with Crippen molar-refractivity contribution in [3.05, 3.63) is 63.6 Å². The van der Waals surface area contributed by atoms with E-state index in [-0.39, 0.29) is 11.4 Å². The molecule has 0 spiro atoms. The highest BCUT2D eigenvalue weighted by molar-refractivity contribution is 7.89. The number of rotatable bonds is 6. The summed E-state index contributed by atoms with van der Waals surface area (Å²) >= 11 is 12.0. The molecule has 1 amide bonds. The minimum Gasteiger partial charge on any atom is -0.369 e. The van der Waals surface area contributed by atoms with Crippen LogP contribution in [0.2, 0.25) is 10.0 Å². The molecule has 5 nitrogen and oxygen atoms in total. The van der Waals surface area contributed by atoms with E-state index in [0.717, 1.165) is 9.87 Å². The smallest absolute Gasteiger partial charge is 0.243 e. The van der Waals surface area contributed by atoms with E-state index in [1.807, 2.05) is 6.92 Å². The summed E-state index contributed by atoms with van der Waals surface area (Å²) in [5, 5.41) is 0.752. The lowest BCUT2D eigenvalue weighted by Crippen LogP contribution is -2.38. The largest absolute Gasteiger partial charge is 0.369 e. The van der Waals surface area contributed by atoms with Crippen LogP contribution in [0, 0.1) is 6.92 Å². The second kappa shape index (κ2) is 7.53. The Labute approximate surface area is 151 Å². The minimum absolute atomic E-state index is 0.0828. The SMILES string of the molecule is Cc1ccc(S(=O)(=O)N(CC(N)=O)Cc2ccc(Cl)cc2Cl)cc1. The molecule has 0 atom stereocenters. The lowest BCUT2D eigenvalue weighted by Gasteiger charge is -2.21. The molecule has 0 aromatic heterocycles. The Kier molecular flexibility index (Phi) is 5.87. The summed E-state index contributed by atoms with van der Waals surface area (Å²) in [5.41, 5.74) is 6.66. The third kappa shape index (κ3) is 4.48. The number of sulfonamides is 1. The third-order valence-corrected chi connectivity index (χ3v) is 5.75. The molecule has 2 aromatic carbocycles. The van der Waals surface area contributed by atoms with Gasteiger partial charge in [0.05, 0.1) is 11.4 Å². The van der Waals surface area contributed by atoms with E-state index in [2.05, 4.69) is 0 Å². The van der Waals surface area contributed by atoms with Gasteiger partial charge in [-0.25, -0.2) is 8.42 Å². The number of hydrogen-bond donors (Lipinski definition) is 1. The molecule has 2 rings (SSSR count). The second-order valence-electron chi connectivity index (χ2n) is 5.29. The highest BCUT2D eigenvalue weighted by atomic mass is 35.5. The van der Waals surface area contributed by atoms with E-state index in [9.17, 15) is 13.2 Å². The number of primary amides is 1. The van der Waals surface area contributed by atoms with Gasteiger partial charge in [0.2, 0.25) is 15.9 Å². The van der Waals surface area contributed by atoms with Crippen LogP contribution in [0.1, 0.15) is 11.1 Å². The minimum atomic E-state index is -3.90. The predicted octanol–water partition coefficient (Wildman–Crippen LogP) is 2.98. The van der Waals surface area contributed by atoms with Gasteiger partial charge < -0.3 is 5.73 Å². The van der Waals surface area contributed by atoms with Crippen molar-refractivity contribution in [3.63, 3.8) is 0 Å². The van der Waals surface area contributed by atoms with Crippen molar-refractivity contribution in [2.45, 2.75) is 18.4 Å². The maximum absolute atomic E-state index is 12.8. The van der Waals surface area contributed by atoms with Crippen molar-refractivity contribution in [3.8, 4) is 0 Å². The Morgan fingerprint density at radius 2 is 1.75 bits per heavy atom. The fourth-order valence-corrected chi connectivity index (χ4v) is 3.95. The zero-order valence-corrected chi connectivity index (χ0v) is 15.2. The molecule has 0 radical (unpaired) electrons. The molecular weight excluding hydrogens is 371 g/mol. The number of carbonyl (C=O) groups is 1. The third-order valence-electron chi connectivity index (χ3n) is 3.35. The number of carbonyl (C=O) groups excluding carboxylic acids is 1. The molecule has 8 heteroatoms. The Balaban J connectivity index is 2.40. The summed E-state index contributed by atoms with van der Waals surface area (Å²) in [6, 6.07) is 11.1. The van der Waals surface area contributed by atoms with Crippen LogP contribution in [0.15, 0.2) is 47.4 Å². The van der Waals surface area contributed by atoms with Crippen molar-refractivity contribution in [2.75, 3.05) is 6.54 Å². The van der Waals surface area contributed by atoms with Gasteiger partial charge in [-0.1, -0.05) is 47.0 Å². The fraction of sp³-hybridized carbons (Fsp3) is 0.188. The van der Waals surface area contributed by atoms with Gasteiger partial charge in [-0.15, -0.1) is 0 Å². The van der Waals surface area contributed by atoms with Crippen molar-refractivity contribution in [1.29, 1.82) is 0 Å². The van der Waals surface area contributed by atoms with Crippen LogP contribution in [-0.2, 0) is 21.4 Å². The highest BCUT2D eigenvalue weighted by Gasteiger charge is 2.26. The quantitative estimate of drug-likeness (QED) is 0.828. The van der Waals surface area contributed by atoms with Gasteiger partial charge in [-0.3, -0.25) is 4.79 Å². The second-order valence-corrected chi connectivity index (χ2v) is 8.07. The summed E-state index contributed by atoms with van der Waals surface area (Å²) in [6.45, 7) is 1.31. The molecule has 0 saturated heterocycles. The van der Waals surface area contributed by atoms with Crippen molar-refractivity contribution >= 4 is 39.1 Å². The molecule has 0 aliphatic heterocycles. The molecule has 0 aliphatic rings. The molecular formula is C16H16Cl2N2O3S. The molecule has 0 heterocycles.